The van der Waals surface area contributed by atoms with Crippen molar-refractivity contribution in [1.82, 2.24) is 20.6 Å². The number of carbonyl (C=O) groups is 2. The smallest absolute Gasteiger partial charge is 0.422 e. The van der Waals surface area contributed by atoms with Crippen molar-refractivity contribution in [2.45, 2.75) is 65.4 Å². The number of ether oxygens (including phenoxy) is 1. The van der Waals surface area contributed by atoms with Gasteiger partial charge in [0, 0.05) is 18.5 Å². The van der Waals surface area contributed by atoms with Crippen molar-refractivity contribution >= 4 is 57.7 Å². The first kappa shape index (κ1) is 36.4. The lowest BCUT2D eigenvalue weighted by molar-refractivity contribution is -0.183. The summed E-state index contributed by atoms with van der Waals surface area (Å²) in [6.45, 7) is 3.29. The Morgan fingerprint density at radius 3 is 2.28 bits per heavy atom. The van der Waals surface area contributed by atoms with E-state index < -0.39 is 58.8 Å². The number of hydrogen-bond acceptors (Lipinski definition) is 5. The molecule has 0 aliphatic heterocycles. The molecule has 0 atom stereocenters. The summed E-state index contributed by atoms with van der Waals surface area (Å²) < 4.78 is 98.5. The highest BCUT2D eigenvalue weighted by molar-refractivity contribution is 6.39. The van der Waals surface area contributed by atoms with E-state index >= 15 is 4.39 Å². The molecule has 0 spiro atoms. The van der Waals surface area contributed by atoms with Gasteiger partial charge in [0.1, 0.15) is 5.52 Å². The Balaban J connectivity index is 1.59. The normalized spacial score (nSPS) is 17.4. The number of hydrogen-bond donors (Lipinski definition) is 4. The molecule has 0 saturated heterocycles. The van der Waals surface area contributed by atoms with E-state index in [-0.39, 0.29) is 77.8 Å². The molecule has 3 aromatic rings. The van der Waals surface area contributed by atoms with Crippen molar-refractivity contribution in [3.8, 4) is 5.75 Å². The average Bonchev–Trinajstić information content (AvgIpc) is 3.38. The van der Waals surface area contributed by atoms with E-state index in [1.54, 1.807) is 26.8 Å². The standard InChI is InChI=1S/C30H32Cl2F7N5O3/c1-28(2,3)26(46)41-12-15-6-9-18(31)22(20(15)32)43-27-42-19-10-17(24(21(33)23(19)44-27)47-13-29(34,35)36)25(45)40-11-14-4-7-16(8-5-14)30(37,38)39/h6,9-10,14,16H,4-5,7-8,11-13H2,1-3H3,(H,40,45)(H,41,46)(H2,42,43,44). The van der Waals surface area contributed by atoms with Gasteiger partial charge in [0.2, 0.25) is 11.9 Å². The number of imidazole rings is 1. The lowest BCUT2D eigenvalue weighted by atomic mass is 9.81. The summed E-state index contributed by atoms with van der Waals surface area (Å²) in [5.41, 5.74) is -1.19. The number of alkyl halides is 6. The van der Waals surface area contributed by atoms with E-state index in [1.165, 1.54) is 6.07 Å². The number of fused-ring (bicyclic) bond motifs is 1. The Kier molecular flexibility index (Phi) is 10.8. The van der Waals surface area contributed by atoms with Crippen LogP contribution in [-0.2, 0) is 11.3 Å². The Labute approximate surface area is 275 Å². The van der Waals surface area contributed by atoms with Gasteiger partial charge in [0.15, 0.2) is 18.2 Å². The van der Waals surface area contributed by atoms with E-state index in [1.807, 2.05) is 0 Å². The topological polar surface area (TPSA) is 108 Å². The first-order valence-corrected chi connectivity index (χ1v) is 15.3. The van der Waals surface area contributed by atoms with Gasteiger partial charge in [-0.05, 0) is 49.3 Å². The Morgan fingerprint density at radius 2 is 1.68 bits per heavy atom. The van der Waals surface area contributed by atoms with Gasteiger partial charge < -0.3 is 25.7 Å². The number of H-pyrrole nitrogens is 1. The lowest BCUT2D eigenvalue weighted by Crippen LogP contribution is -2.34. The van der Waals surface area contributed by atoms with Gasteiger partial charge in [-0.1, -0.05) is 50.0 Å². The fourth-order valence-corrected chi connectivity index (χ4v) is 5.58. The predicted molar refractivity (Wildman–Crippen MR) is 162 cm³/mol. The number of halogens is 9. The summed E-state index contributed by atoms with van der Waals surface area (Å²) in [6, 6.07) is 4.15. The second kappa shape index (κ2) is 14.0. The Morgan fingerprint density at radius 1 is 1.02 bits per heavy atom. The number of amides is 2. The maximum Gasteiger partial charge on any atom is 0.422 e. The van der Waals surface area contributed by atoms with Crippen molar-refractivity contribution in [1.29, 1.82) is 0 Å². The van der Waals surface area contributed by atoms with Crippen LogP contribution in [0.5, 0.6) is 5.75 Å². The van der Waals surface area contributed by atoms with E-state index in [0.717, 1.165) is 6.07 Å². The molecule has 1 aliphatic carbocycles. The van der Waals surface area contributed by atoms with Gasteiger partial charge in [-0.25, -0.2) is 9.37 Å². The highest BCUT2D eigenvalue weighted by Gasteiger charge is 2.41. The molecule has 2 aromatic carbocycles. The zero-order chi connectivity index (χ0) is 34.9. The fourth-order valence-electron chi connectivity index (χ4n) is 5.05. The molecular weight excluding hydrogens is 682 g/mol. The molecule has 0 bridgehead atoms. The second-order valence-corrected chi connectivity index (χ2v) is 13.2. The van der Waals surface area contributed by atoms with Crippen LogP contribution in [0.2, 0.25) is 10.0 Å². The molecule has 0 unspecified atom stereocenters. The zero-order valence-corrected chi connectivity index (χ0v) is 26.9. The molecule has 258 valence electrons. The largest absolute Gasteiger partial charge is 0.480 e. The van der Waals surface area contributed by atoms with Crippen LogP contribution in [0.15, 0.2) is 18.2 Å². The molecule has 2 amide bonds. The third-order valence-corrected chi connectivity index (χ3v) is 8.44. The third kappa shape index (κ3) is 9.12. The molecule has 1 aromatic heterocycles. The molecule has 1 aliphatic rings. The van der Waals surface area contributed by atoms with Crippen molar-refractivity contribution < 1.29 is 45.1 Å². The molecule has 17 heteroatoms. The van der Waals surface area contributed by atoms with Crippen LogP contribution in [-0.4, -0.2) is 47.3 Å². The van der Waals surface area contributed by atoms with Crippen LogP contribution in [0, 0.1) is 23.1 Å². The van der Waals surface area contributed by atoms with Crippen LogP contribution in [0.1, 0.15) is 62.4 Å². The van der Waals surface area contributed by atoms with Crippen molar-refractivity contribution in [2.75, 3.05) is 18.5 Å². The van der Waals surface area contributed by atoms with Gasteiger partial charge >= 0.3 is 12.4 Å². The monoisotopic (exact) mass is 713 g/mol. The molecular formula is C30H32Cl2F7N5O3. The van der Waals surface area contributed by atoms with Crippen molar-refractivity contribution in [2.24, 2.45) is 17.3 Å². The highest BCUT2D eigenvalue weighted by Crippen LogP contribution is 2.40. The summed E-state index contributed by atoms with van der Waals surface area (Å²) in [7, 11) is 0. The first-order valence-electron chi connectivity index (χ1n) is 14.5. The van der Waals surface area contributed by atoms with Gasteiger partial charge in [-0.2, -0.15) is 26.3 Å². The number of aromatic amines is 1. The van der Waals surface area contributed by atoms with Crippen molar-refractivity contribution in [3.63, 3.8) is 0 Å². The van der Waals surface area contributed by atoms with Gasteiger partial charge in [-0.3, -0.25) is 9.59 Å². The molecule has 8 nitrogen and oxygen atoms in total. The maximum atomic E-state index is 15.7. The molecule has 4 N–H and O–H groups in total. The maximum absolute atomic E-state index is 15.7. The fraction of sp³-hybridized carbons (Fsp3) is 0.500. The van der Waals surface area contributed by atoms with Crippen LogP contribution < -0.4 is 20.7 Å². The number of carbonyl (C=O) groups excluding carboxylic acids is 2. The van der Waals surface area contributed by atoms with Crippen molar-refractivity contribution in [3.05, 3.63) is 45.2 Å². The molecule has 4 rings (SSSR count). The number of aromatic nitrogens is 2. The van der Waals surface area contributed by atoms with E-state index in [4.69, 9.17) is 27.9 Å². The quantitative estimate of drug-likeness (QED) is 0.167. The number of nitrogens with one attached hydrogen (secondary N) is 4. The van der Waals surface area contributed by atoms with E-state index in [2.05, 4.69) is 25.9 Å². The number of benzene rings is 2. The van der Waals surface area contributed by atoms with Crippen LogP contribution >= 0.6 is 23.2 Å². The van der Waals surface area contributed by atoms with E-state index in [0.29, 0.717) is 5.56 Å². The predicted octanol–water partition coefficient (Wildman–Crippen LogP) is 8.45. The van der Waals surface area contributed by atoms with E-state index in [9.17, 15) is 35.9 Å². The lowest BCUT2D eigenvalue weighted by Gasteiger charge is -2.29. The summed E-state index contributed by atoms with van der Waals surface area (Å²) in [5, 5.41) is 8.28. The summed E-state index contributed by atoms with van der Waals surface area (Å²) in [4.78, 5) is 32.2. The summed E-state index contributed by atoms with van der Waals surface area (Å²) in [5.74, 6) is -5.45. The SMILES string of the molecule is CC(C)(C)C(=O)NCc1ccc(Cl)c(Nc2nc3c(F)c(OCC(F)(F)F)c(C(=O)NCC4CCC(C(F)(F)F)CC4)cc3[nH]2)c1Cl. The first-order chi connectivity index (χ1) is 21.7. The van der Waals surface area contributed by atoms with Gasteiger partial charge in [-0.15, -0.1) is 0 Å². The average molecular weight is 715 g/mol. The molecule has 47 heavy (non-hydrogen) atoms. The minimum Gasteiger partial charge on any atom is -0.480 e. The number of anilines is 2. The second-order valence-electron chi connectivity index (χ2n) is 12.4. The summed E-state index contributed by atoms with van der Waals surface area (Å²) >= 11 is 12.9. The molecule has 1 heterocycles. The molecule has 0 radical (unpaired) electrons. The number of rotatable bonds is 9. The molecule has 1 saturated carbocycles. The van der Waals surface area contributed by atoms with Crippen LogP contribution in [0.25, 0.3) is 11.0 Å². The number of nitrogens with zero attached hydrogens (tertiary/aromatic N) is 1. The highest BCUT2D eigenvalue weighted by atomic mass is 35.5. The Hall–Kier alpha value is -3.46. The minimum atomic E-state index is -4.87. The Bertz CT molecular complexity index is 1630. The minimum absolute atomic E-state index is 0.0533. The van der Waals surface area contributed by atoms with Crippen LogP contribution in [0.4, 0.5) is 42.4 Å². The van der Waals surface area contributed by atoms with Gasteiger partial charge in [0.05, 0.1) is 32.7 Å². The van der Waals surface area contributed by atoms with Gasteiger partial charge in [0.25, 0.3) is 5.91 Å². The molecule has 1 fully saturated rings. The third-order valence-electron chi connectivity index (χ3n) is 7.69. The summed E-state index contributed by atoms with van der Waals surface area (Å²) in [6.07, 6.45) is -9.05. The van der Waals surface area contributed by atoms with Crippen LogP contribution in [0.3, 0.4) is 0 Å². The zero-order valence-electron chi connectivity index (χ0n) is 25.4.